The van der Waals surface area contributed by atoms with E-state index in [1.165, 1.54) is 0 Å². The molecular weight excluding hydrogens is 302 g/mol. The Hall–Kier alpha value is -3.08. The minimum atomic E-state index is -0.255. The molecule has 0 spiro atoms. The molecule has 2 heterocycles. The van der Waals surface area contributed by atoms with E-state index in [4.69, 9.17) is 0 Å². The number of benzene rings is 2. The van der Waals surface area contributed by atoms with Crippen molar-refractivity contribution >= 4 is 11.6 Å². The fraction of sp³-hybridized carbons (Fsp3) is 0.158. The lowest BCUT2D eigenvalue weighted by Gasteiger charge is -2.26. The van der Waals surface area contributed by atoms with Gasteiger partial charge in [-0.3, -0.25) is 14.8 Å². The maximum absolute atomic E-state index is 12.9. The SMILES string of the molecule is Cc1ccc(N2C(=O)c3n[nH]c(C)c3[C@H]2c2ccc(O)cc2)cc1. The number of anilines is 1. The molecular formula is C19H17N3O2. The summed E-state index contributed by atoms with van der Waals surface area (Å²) in [5.41, 5.74) is 5.15. The maximum atomic E-state index is 12.9. The fourth-order valence-corrected chi connectivity index (χ4v) is 3.24. The Morgan fingerprint density at radius 1 is 1.04 bits per heavy atom. The average Bonchev–Trinajstić information content (AvgIpc) is 3.09. The third-order valence-corrected chi connectivity index (χ3v) is 4.47. The van der Waals surface area contributed by atoms with Crippen molar-refractivity contribution in [2.75, 3.05) is 4.90 Å². The quantitative estimate of drug-likeness (QED) is 0.760. The number of phenolic OH excluding ortho intramolecular Hbond substituents is 1. The first-order chi connectivity index (χ1) is 11.6. The predicted molar refractivity (Wildman–Crippen MR) is 91.3 cm³/mol. The second kappa shape index (κ2) is 5.23. The van der Waals surface area contributed by atoms with E-state index < -0.39 is 0 Å². The monoisotopic (exact) mass is 319 g/mol. The molecule has 5 heteroatoms. The number of hydrogen-bond donors (Lipinski definition) is 2. The zero-order valence-corrected chi connectivity index (χ0v) is 13.4. The summed E-state index contributed by atoms with van der Waals surface area (Å²) in [7, 11) is 0. The number of aromatic nitrogens is 2. The molecule has 0 saturated heterocycles. The molecule has 0 saturated carbocycles. The van der Waals surface area contributed by atoms with Crippen molar-refractivity contribution < 1.29 is 9.90 Å². The second-order valence-corrected chi connectivity index (χ2v) is 6.12. The molecule has 1 amide bonds. The molecule has 24 heavy (non-hydrogen) atoms. The molecule has 1 aromatic heterocycles. The van der Waals surface area contributed by atoms with Crippen LogP contribution in [-0.2, 0) is 0 Å². The zero-order chi connectivity index (χ0) is 16.8. The summed E-state index contributed by atoms with van der Waals surface area (Å²) in [5, 5.41) is 16.7. The Kier molecular flexibility index (Phi) is 3.16. The Bertz CT molecular complexity index is 911. The molecule has 5 nitrogen and oxygen atoms in total. The lowest BCUT2D eigenvalue weighted by Crippen LogP contribution is -2.29. The molecule has 1 aliphatic heterocycles. The van der Waals surface area contributed by atoms with Crippen LogP contribution in [0.1, 0.15) is 38.9 Å². The minimum Gasteiger partial charge on any atom is -0.508 e. The molecule has 0 radical (unpaired) electrons. The largest absolute Gasteiger partial charge is 0.508 e. The van der Waals surface area contributed by atoms with Gasteiger partial charge in [-0.1, -0.05) is 29.8 Å². The highest BCUT2D eigenvalue weighted by molar-refractivity contribution is 6.10. The highest BCUT2D eigenvalue weighted by atomic mass is 16.3. The van der Waals surface area contributed by atoms with Crippen molar-refractivity contribution in [1.82, 2.24) is 10.2 Å². The summed E-state index contributed by atoms with van der Waals surface area (Å²) in [6, 6.07) is 14.6. The van der Waals surface area contributed by atoms with Gasteiger partial charge in [0.15, 0.2) is 5.69 Å². The van der Waals surface area contributed by atoms with Gasteiger partial charge in [0.25, 0.3) is 5.91 Å². The van der Waals surface area contributed by atoms with Crippen LogP contribution in [0.5, 0.6) is 5.75 Å². The van der Waals surface area contributed by atoms with Crippen LogP contribution in [0.4, 0.5) is 5.69 Å². The van der Waals surface area contributed by atoms with Crippen molar-refractivity contribution in [1.29, 1.82) is 0 Å². The summed E-state index contributed by atoms with van der Waals surface area (Å²) >= 11 is 0. The van der Waals surface area contributed by atoms with Crippen LogP contribution in [0, 0.1) is 13.8 Å². The fourth-order valence-electron chi connectivity index (χ4n) is 3.24. The van der Waals surface area contributed by atoms with Crippen LogP contribution in [0.3, 0.4) is 0 Å². The molecule has 0 unspecified atom stereocenters. The third-order valence-electron chi connectivity index (χ3n) is 4.47. The lowest BCUT2D eigenvalue weighted by atomic mass is 9.98. The van der Waals surface area contributed by atoms with Crippen LogP contribution >= 0.6 is 0 Å². The van der Waals surface area contributed by atoms with Crippen LogP contribution in [0.15, 0.2) is 48.5 Å². The summed E-state index contributed by atoms with van der Waals surface area (Å²) in [6.07, 6.45) is 0. The molecule has 1 atom stereocenters. The van der Waals surface area contributed by atoms with E-state index in [0.717, 1.165) is 28.1 Å². The van der Waals surface area contributed by atoms with Gasteiger partial charge >= 0.3 is 0 Å². The molecule has 0 fully saturated rings. The minimum absolute atomic E-state index is 0.115. The first-order valence-electron chi connectivity index (χ1n) is 7.80. The Morgan fingerprint density at radius 3 is 2.38 bits per heavy atom. The van der Waals surface area contributed by atoms with Crippen molar-refractivity contribution in [3.8, 4) is 5.75 Å². The smallest absolute Gasteiger partial charge is 0.279 e. The van der Waals surface area contributed by atoms with E-state index in [9.17, 15) is 9.90 Å². The Labute approximate surface area is 139 Å². The summed E-state index contributed by atoms with van der Waals surface area (Å²) in [6.45, 7) is 3.94. The number of carbonyl (C=O) groups is 1. The number of nitrogens with one attached hydrogen (secondary N) is 1. The van der Waals surface area contributed by atoms with Gasteiger partial charge in [0, 0.05) is 16.9 Å². The first kappa shape index (κ1) is 14.5. The van der Waals surface area contributed by atoms with E-state index >= 15 is 0 Å². The molecule has 0 bridgehead atoms. The lowest BCUT2D eigenvalue weighted by molar-refractivity contribution is 0.0988. The number of rotatable bonds is 2. The van der Waals surface area contributed by atoms with Crippen molar-refractivity contribution in [3.05, 3.63) is 76.6 Å². The van der Waals surface area contributed by atoms with Gasteiger partial charge in [-0.2, -0.15) is 5.10 Å². The van der Waals surface area contributed by atoms with Gasteiger partial charge in [-0.15, -0.1) is 0 Å². The predicted octanol–water partition coefficient (Wildman–Crippen LogP) is 3.48. The van der Waals surface area contributed by atoms with Crippen LogP contribution < -0.4 is 4.90 Å². The van der Waals surface area contributed by atoms with E-state index in [1.807, 2.05) is 50.2 Å². The second-order valence-electron chi connectivity index (χ2n) is 6.12. The highest BCUT2D eigenvalue weighted by Crippen LogP contribution is 2.42. The standard InChI is InChI=1S/C19H17N3O2/c1-11-3-7-14(8-4-11)22-18(13-5-9-15(23)10-6-13)16-12(2)20-21-17(16)19(22)24/h3-10,18,23H,1-2H3,(H,20,21)/t18-/m1/s1. The van der Waals surface area contributed by atoms with E-state index in [2.05, 4.69) is 10.2 Å². The summed E-state index contributed by atoms with van der Waals surface area (Å²) in [5.74, 6) is 0.0883. The van der Waals surface area contributed by atoms with Crippen molar-refractivity contribution in [3.63, 3.8) is 0 Å². The number of hydrogen-bond acceptors (Lipinski definition) is 3. The number of amides is 1. The van der Waals surface area contributed by atoms with Gasteiger partial charge in [-0.25, -0.2) is 0 Å². The van der Waals surface area contributed by atoms with Gasteiger partial charge < -0.3 is 5.11 Å². The summed E-state index contributed by atoms with van der Waals surface area (Å²) < 4.78 is 0. The van der Waals surface area contributed by atoms with Gasteiger partial charge in [0.05, 0.1) is 6.04 Å². The van der Waals surface area contributed by atoms with Crippen LogP contribution in [0.2, 0.25) is 0 Å². The summed E-state index contributed by atoms with van der Waals surface area (Å²) in [4.78, 5) is 14.7. The highest BCUT2D eigenvalue weighted by Gasteiger charge is 2.42. The third kappa shape index (κ3) is 2.09. The van der Waals surface area contributed by atoms with Crippen LogP contribution in [0.25, 0.3) is 0 Å². The zero-order valence-electron chi connectivity index (χ0n) is 13.4. The number of phenols is 1. The Balaban J connectivity index is 1.89. The topological polar surface area (TPSA) is 69.2 Å². The van der Waals surface area contributed by atoms with E-state index in [0.29, 0.717) is 5.69 Å². The number of aromatic hydroxyl groups is 1. The van der Waals surface area contributed by atoms with Gasteiger partial charge in [0.2, 0.25) is 0 Å². The molecule has 3 aromatic rings. The van der Waals surface area contributed by atoms with Crippen LogP contribution in [-0.4, -0.2) is 21.2 Å². The average molecular weight is 319 g/mol. The van der Waals surface area contributed by atoms with E-state index in [-0.39, 0.29) is 17.7 Å². The normalized spacial score (nSPS) is 16.5. The first-order valence-corrected chi connectivity index (χ1v) is 7.80. The molecule has 0 aliphatic carbocycles. The number of nitrogens with zero attached hydrogens (tertiary/aromatic N) is 2. The van der Waals surface area contributed by atoms with Gasteiger partial charge in [0.1, 0.15) is 5.75 Å². The molecule has 120 valence electrons. The van der Waals surface area contributed by atoms with Crippen molar-refractivity contribution in [2.45, 2.75) is 19.9 Å². The Morgan fingerprint density at radius 2 is 1.71 bits per heavy atom. The molecule has 1 aliphatic rings. The van der Waals surface area contributed by atoms with Gasteiger partial charge in [-0.05, 0) is 43.7 Å². The number of aryl methyl sites for hydroxylation is 2. The number of H-pyrrole nitrogens is 1. The van der Waals surface area contributed by atoms with E-state index in [1.54, 1.807) is 17.0 Å². The maximum Gasteiger partial charge on any atom is 0.279 e. The molecule has 4 rings (SSSR count). The number of carbonyl (C=O) groups excluding carboxylic acids is 1. The number of aromatic amines is 1. The van der Waals surface area contributed by atoms with Crippen molar-refractivity contribution in [2.24, 2.45) is 0 Å². The molecule has 2 N–H and O–H groups in total. The number of fused-ring (bicyclic) bond motifs is 1. The molecule has 2 aromatic carbocycles.